The van der Waals surface area contributed by atoms with Crippen LogP contribution in [0.4, 0.5) is 0 Å². The summed E-state index contributed by atoms with van der Waals surface area (Å²) < 4.78 is 2.19. The Morgan fingerprint density at radius 1 is 1.62 bits per heavy atom. The maximum Gasteiger partial charge on any atom is 0.0509 e. The van der Waals surface area contributed by atoms with Gasteiger partial charge in [-0.2, -0.15) is 12.6 Å². The molecule has 0 saturated carbocycles. The molecule has 0 N–H and O–H groups in total. The Hall–Kier alpha value is 0.660. The van der Waals surface area contributed by atoms with Gasteiger partial charge in [-0.25, -0.2) is 0 Å². The lowest BCUT2D eigenvalue weighted by molar-refractivity contribution is 0.470. The molecule has 0 atom stereocenters. The zero-order chi connectivity index (χ0) is 6.57. The molecular weight excluding hydrogens is 138 g/mol. The van der Waals surface area contributed by atoms with Gasteiger partial charge in [0, 0.05) is 6.04 Å². The molecule has 0 aliphatic rings. The van der Waals surface area contributed by atoms with E-state index >= 15 is 0 Å². The SMILES string of the molecule is CC(C)N(C)SCS. The first-order valence-corrected chi connectivity index (χ1v) is 4.22. The molecule has 0 bridgehead atoms. The molecule has 0 amide bonds. The van der Waals surface area contributed by atoms with Crippen LogP contribution in [0, 0.1) is 0 Å². The fraction of sp³-hybridized carbons (Fsp3) is 1.00. The summed E-state index contributed by atoms with van der Waals surface area (Å²) in [6.45, 7) is 4.33. The zero-order valence-electron chi connectivity index (χ0n) is 5.59. The Kier molecular flexibility index (Phi) is 4.90. The lowest BCUT2D eigenvalue weighted by Gasteiger charge is -2.17. The molecule has 0 saturated heterocycles. The molecule has 0 aromatic carbocycles. The monoisotopic (exact) mass is 151 g/mol. The molecule has 0 unspecified atom stereocenters. The van der Waals surface area contributed by atoms with Crippen molar-refractivity contribution in [1.82, 2.24) is 4.31 Å². The Morgan fingerprint density at radius 3 is 2.25 bits per heavy atom. The third kappa shape index (κ3) is 3.64. The van der Waals surface area contributed by atoms with Crippen molar-refractivity contribution in [2.75, 3.05) is 12.1 Å². The third-order valence-corrected chi connectivity index (χ3v) is 2.28. The van der Waals surface area contributed by atoms with E-state index in [0.29, 0.717) is 6.04 Å². The second-order valence-corrected chi connectivity index (χ2v) is 3.77. The smallest absolute Gasteiger partial charge is 0.0509 e. The molecule has 0 fully saturated rings. The van der Waals surface area contributed by atoms with Crippen LogP contribution in [0.3, 0.4) is 0 Å². The van der Waals surface area contributed by atoms with Gasteiger partial charge in [0.15, 0.2) is 0 Å². The molecule has 8 heavy (non-hydrogen) atoms. The quantitative estimate of drug-likeness (QED) is 0.372. The molecule has 0 heterocycles. The molecule has 1 nitrogen and oxygen atoms in total. The largest absolute Gasteiger partial charge is 0.250 e. The number of nitrogens with zero attached hydrogens (tertiary/aromatic N) is 1. The van der Waals surface area contributed by atoms with Gasteiger partial charge in [-0.1, -0.05) is 11.9 Å². The fourth-order valence-electron chi connectivity index (χ4n) is 0.240. The average molecular weight is 151 g/mol. The first-order chi connectivity index (χ1) is 3.68. The molecule has 3 heteroatoms. The van der Waals surface area contributed by atoms with Gasteiger partial charge in [0.1, 0.15) is 0 Å². The van der Waals surface area contributed by atoms with Gasteiger partial charge in [-0.3, -0.25) is 4.31 Å². The lowest BCUT2D eigenvalue weighted by atomic mass is 10.4. The van der Waals surface area contributed by atoms with Crippen LogP contribution >= 0.6 is 24.6 Å². The maximum atomic E-state index is 4.08. The van der Waals surface area contributed by atoms with Crippen LogP contribution in [0.25, 0.3) is 0 Å². The van der Waals surface area contributed by atoms with E-state index in [0.717, 1.165) is 5.08 Å². The van der Waals surface area contributed by atoms with E-state index in [-0.39, 0.29) is 0 Å². The van der Waals surface area contributed by atoms with E-state index in [9.17, 15) is 0 Å². The molecule has 0 aliphatic carbocycles. The highest BCUT2D eigenvalue weighted by molar-refractivity contribution is 8.07. The predicted molar refractivity (Wildman–Crippen MR) is 44.3 cm³/mol. The number of hydrogen-bond donors (Lipinski definition) is 1. The van der Waals surface area contributed by atoms with Crippen LogP contribution in [-0.4, -0.2) is 22.5 Å². The van der Waals surface area contributed by atoms with Crippen molar-refractivity contribution in [3.63, 3.8) is 0 Å². The van der Waals surface area contributed by atoms with E-state index < -0.39 is 0 Å². The molecule has 0 aliphatic heterocycles. The molecule has 50 valence electrons. The van der Waals surface area contributed by atoms with Gasteiger partial charge < -0.3 is 0 Å². The summed E-state index contributed by atoms with van der Waals surface area (Å²) >= 11 is 5.81. The first-order valence-electron chi connectivity index (χ1n) is 2.65. The predicted octanol–water partition coefficient (Wildman–Crippen LogP) is 1.86. The highest BCUT2D eigenvalue weighted by Gasteiger charge is 1.99. The van der Waals surface area contributed by atoms with Crippen molar-refractivity contribution >= 4 is 24.6 Å². The fourth-order valence-corrected chi connectivity index (χ4v) is 1.27. The Morgan fingerprint density at radius 2 is 2.12 bits per heavy atom. The minimum atomic E-state index is 0.618. The second-order valence-electron chi connectivity index (χ2n) is 1.90. The van der Waals surface area contributed by atoms with Crippen LogP contribution in [0.15, 0.2) is 0 Å². The van der Waals surface area contributed by atoms with Crippen molar-refractivity contribution in [2.45, 2.75) is 19.9 Å². The Labute approximate surface area is 61.4 Å². The highest BCUT2D eigenvalue weighted by Crippen LogP contribution is 2.10. The average Bonchev–Trinajstić information content (AvgIpc) is 1.67. The molecule has 0 aromatic heterocycles. The van der Waals surface area contributed by atoms with Crippen LogP contribution < -0.4 is 0 Å². The van der Waals surface area contributed by atoms with Crippen molar-refractivity contribution in [3.05, 3.63) is 0 Å². The van der Waals surface area contributed by atoms with Crippen LogP contribution in [-0.2, 0) is 0 Å². The summed E-state index contributed by atoms with van der Waals surface area (Å²) in [7, 11) is 2.07. The lowest BCUT2D eigenvalue weighted by Crippen LogP contribution is -2.18. The Balaban J connectivity index is 3.17. The van der Waals surface area contributed by atoms with Gasteiger partial charge in [-0.15, -0.1) is 0 Å². The van der Waals surface area contributed by atoms with E-state index in [1.807, 2.05) is 0 Å². The minimum absolute atomic E-state index is 0.618. The van der Waals surface area contributed by atoms with Crippen molar-refractivity contribution in [3.8, 4) is 0 Å². The van der Waals surface area contributed by atoms with E-state index in [1.165, 1.54) is 0 Å². The van der Waals surface area contributed by atoms with Crippen LogP contribution in [0.1, 0.15) is 13.8 Å². The normalized spacial score (nSPS) is 11.2. The summed E-state index contributed by atoms with van der Waals surface area (Å²) in [6, 6.07) is 0.618. The van der Waals surface area contributed by atoms with Gasteiger partial charge in [0.05, 0.1) is 5.08 Å². The molecule has 0 spiro atoms. The van der Waals surface area contributed by atoms with Crippen molar-refractivity contribution < 1.29 is 0 Å². The van der Waals surface area contributed by atoms with Crippen molar-refractivity contribution in [1.29, 1.82) is 0 Å². The second kappa shape index (κ2) is 4.53. The Bertz CT molecular complexity index is 56.4. The van der Waals surface area contributed by atoms with Gasteiger partial charge in [0.25, 0.3) is 0 Å². The first kappa shape index (κ1) is 8.66. The van der Waals surface area contributed by atoms with Crippen LogP contribution in [0.2, 0.25) is 0 Å². The van der Waals surface area contributed by atoms with Gasteiger partial charge in [-0.05, 0) is 20.9 Å². The van der Waals surface area contributed by atoms with Gasteiger partial charge >= 0.3 is 0 Å². The van der Waals surface area contributed by atoms with E-state index in [1.54, 1.807) is 11.9 Å². The summed E-state index contributed by atoms with van der Waals surface area (Å²) in [5.74, 6) is 0. The van der Waals surface area contributed by atoms with E-state index in [4.69, 9.17) is 0 Å². The van der Waals surface area contributed by atoms with E-state index in [2.05, 4.69) is 37.8 Å². The molecule has 0 radical (unpaired) electrons. The number of rotatable bonds is 3. The number of hydrogen-bond acceptors (Lipinski definition) is 3. The topological polar surface area (TPSA) is 3.24 Å². The minimum Gasteiger partial charge on any atom is -0.250 e. The summed E-state index contributed by atoms with van der Waals surface area (Å²) in [5, 5.41) is 0.870. The van der Waals surface area contributed by atoms with Gasteiger partial charge in [0.2, 0.25) is 0 Å². The molecule has 0 aromatic rings. The summed E-state index contributed by atoms with van der Waals surface area (Å²) in [6.07, 6.45) is 0. The zero-order valence-corrected chi connectivity index (χ0v) is 7.30. The maximum absolute atomic E-state index is 4.08. The summed E-state index contributed by atoms with van der Waals surface area (Å²) in [4.78, 5) is 0. The highest BCUT2D eigenvalue weighted by atomic mass is 32.2. The van der Waals surface area contributed by atoms with Crippen molar-refractivity contribution in [2.24, 2.45) is 0 Å². The number of thiol groups is 1. The molecule has 0 rings (SSSR count). The molecular formula is C5H13NS2. The standard InChI is InChI=1S/C5H13NS2/c1-5(2)6(3)8-4-7/h5,7H,4H2,1-3H3. The summed E-state index contributed by atoms with van der Waals surface area (Å²) in [5.41, 5.74) is 0. The third-order valence-electron chi connectivity index (χ3n) is 0.989. The van der Waals surface area contributed by atoms with Crippen LogP contribution in [0.5, 0.6) is 0 Å².